The van der Waals surface area contributed by atoms with Gasteiger partial charge in [0, 0.05) is 30.5 Å². The molecule has 0 amide bonds. The summed E-state index contributed by atoms with van der Waals surface area (Å²) in [5.74, 6) is 0.166. The van der Waals surface area contributed by atoms with E-state index in [0.717, 1.165) is 18.4 Å². The molecule has 0 aliphatic carbocycles. The lowest BCUT2D eigenvalue weighted by Gasteiger charge is -2.11. The topological polar surface area (TPSA) is 132 Å². The number of hydrogen-bond donors (Lipinski definition) is 1. The van der Waals surface area contributed by atoms with Crippen molar-refractivity contribution < 1.29 is 30.7 Å². The molecule has 204 valence electrons. The lowest BCUT2D eigenvalue weighted by molar-refractivity contribution is -0.274. The van der Waals surface area contributed by atoms with E-state index in [-0.39, 0.29) is 22.2 Å². The smallest absolute Gasteiger partial charge is 0.440 e. The van der Waals surface area contributed by atoms with Gasteiger partial charge < -0.3 is 14.9 Å². The molecule has 0 spiro atoms. The highest BCUT2D eigenvalue weighted by atomic mass is 32.2. The van der Waals surface area contributed by atoms with Crippen LogP contribution >= 0.6 is 0 Å². The van der Waals surface area contributed by atoms with Crippen LogP contribution in [-0.2, 0) is 9.84 Å². The quantitative estimate of drug-likeness (QED) is 0.204. The molecule has 1 aromatic heterocycles. The first kappa shape index (κ1) is 28.1. The predicted octanol–water partition coefficient (Wildman–Crippen LogP) is 6.35. The van der Waals surface area contributed by atoms with E-state index in [9.17, 15) is 21.6 Å². The maximum atomic E-state index is 12.6. The number of rotatable bonds is 7. The molecule has 12 heteroatoms. The summed E-state index contributed by atoms with van der Waals surface area (Å²) in [7, 11) is -3.46. The number of halogens is 3. The van der Waals surface area contributed by atoms with Crippen molar-refractivity contribution in [3.05, 3.63) is 84.4 Å². The van der Waals surface area contributed by atoms with Crippen molar-refractivity contribution in [1.82, 2.24) is 4.98 Å². The van der Waals surface area contributed by atoms with Gasteiger partial charge in [-0.05, 0) is 65.7 Å². The second kappa shape index (κ2) is 11.1. The molecule has 0 aliphatic heterocycles. The van der Waals surface area contributed by atoms with Gasteiger partial charge in [0.05, 0.1) is 10.6 Å². The minimum Gasteiger partial charge on any atom is -0.440 e. The number of oxazole rings is 1. The highest BCUT2D eigenvalue weighted by molar-refractivity contribution is 7.90. The largest absolute Gasteiger partial charge is 0.573 e. The van der Waals surface area contributed by atoms with Crippen LogP contribution in [0.15, 0.2) is 92.8 Å². The Hall–Kier alpha value is -4.89. The van der Waals surface area contributed by atoms with E-state index in [1.807, 2.05) is 0 Å². The molecule has 0 unspecified atom stereocenters. The number of sulfone groups is 1. The molecule has 2 N–H and O–H groups in total. The molecule has 40 heavy (non-hydrogen) atoms. The molecule has 4 rings (SSSR count). The zero-order valence-corrected chi connectivity index (χ0v) is 21.9. The van der Waals surface area contributed by atoms with Gasteiger partial charge in [-0.1, -0.05) is 18.2 Å². The summed E-state index contributed by atoms with van der Waals surface area (Å²) in [5, 5.41) is 8.91. The average molecular weight is 567 g/mol. The maximum absolute atomic E-state index is 12.6. The zero-order chi connectivity index (χ0) is 29.1. The van der Waals surface area contributed by atoms with Gasteiger partial charge in [0.1, 0.15) is 23.2 Å². The standard InChI is InChI=1S/C28H21F3N4O4S/c1-17-35-26(18-6-9-22(10-7-18)39-28(29,30)31)27(38-17)24-15-20(8-11-25(24)34-13-12-21(33)16-32)19-4-3-5-23(14-19)40(2,36)37/h3-15H,33H2,1-2H3. The van der Waals surface area contributed by atoms with Gasteiger partial charge in [-0.25, -0.2) is 13.4 Å². The summed E-state index contributed by atoms with van der Waals surface area (Å²) in [4.78, 5) is 8.98. The van der Waals surface area contributed by atoms with Crippen molar-refractivity contribution in [1.29, 1.82) is 5.26 Å². The highest BCUT2D eigenvalue weighted by Gasteiger charge is 2.31. The molecule has 8 nitrogen and oxygen atoms in total. The number of nitrogens with two attached hydrogens (primary N) is 1. The van der Waals surface area contributed by atoms with Crippen LogP contribution in [0.25, 0.3) is 33.7 Å². The first-order valence-electron chi connectivity index (χ1n) is 11.5. The number of allylic oxidation sites excluding steroid dienone is 2. The van der Waals surface area contributed by atoms with Crippen LogP contribution in [0.1, 0.15) is 5.89 Å². The fourth-order valence-electron chi connectivity index (χ4n) is 3.77. The Morgan fingerprint density at radius 2 is 1.75 bits per heavy atom. The van der Waals surface area contributed by atoms with Gasteiger partial charge in [-0.3, -0.25) is 4.99 Å². The van der Waals surface area contributed by atoms with E-state index in [0.29, 0.717) is 33.6 Å². The molecule has 0 saturated heterocycles. The van der Waals surface area contributed by atoms with Crippen LogP contribution in [0.5, 0.6) is 5.75 Å². The average Bonchev–Trinajstić information content (AvgIpc) is 3.29. The summed E-state index contributed by atoms with van der Waals surface area (Å²) in [6, 6.07) is 18.5. The van der Waals surface area contributed by atoms with E-state index in [1.165, 1.54) is 30.5 Å². The fourth-order valence-corrected chi connectivity index (χ4v) is 4.44. The van der Waals surface area contributed by atoms with Crippen molar-refractivity contribution in [2.45, 2.75) is 18.2 Å². The van der Waals surface area contributed by atoms with Gasteiger partial charge >= 0.3 is 6.36 Å². The van der Waals surface area contributed by atoms with Gasteiger partial charge in [0.25, 0.3) is 0 Å². The van der Waals surface area contributed by atoms with E-state index >= 15 is 0 Å². The Balaban J connectivity index is 1.87. The van der Waals surface area contributed by atoms with Crippen molar-refractivity contribution in [3.8, 4) is 45.5 Å². The van der Waals surface area contributed by atoms with Crippen LogP contribution in [0.2, 0.25) is 0 Å². The third kappa shape index (κ3) is 6.75. The normalized spacial score (nSPS) is 12.4. The lowest BCUT2D eigenvalue weighted by atomic mass is 9.98. The minimum absolute atomic E-state index is 0.0584. The Bertz CT molecular complexity index is 1770. The van der Waals surface area contributed by atoms with Gasteiger partial charge in [0.2, 0.25) is 0 Å². The number of hydrogen-bond acceptors (Lipinski definition) is 8. The van der Waals surface area contributed by atoms with Crippen molar-refractivity contribution in [2.75, 3.05) is 6.26 Å². The summed E-state index contributed by atoms with van der Waals surface area (Å²) < 4.78 is 72.0. The molecular formula is C28H21F3N4O4S. The number of aryl methyl sites for hydroxylation is 1. The van der Waals surface area contributed by atoms with E-state index in [4.69, 9.17) is 15.4 Å². The Kier molecular flexibility index (Phi) is 7.79. The molecule has 4 aromatic rings. The van der Waals surface area contributed by atoms with Gasteiger partial charge in [-0.15, -0.1) is 13.2 Å². The second-order valence-electron chi connectivity index (χ2n) is 8.53. The van der Waals surface area contributed by atoms with Crippen molar-refractivity contribution >= 4 is 21.7 Å². The van der Waals surface area contributed by atoms with Crippen molar-refractivity contribution in [2.24, 2.45) is 10.7 Å². The summed E-state index contributed by atoms with van der Waals surface area (Å²) in [5.41, 5.74) is 8.37. The number of nitrogens with zero attached hydrogens (tertiary/aromatic N) is 3. The van der Waals surface area contributed by atoms with Crippen LogP contribution in [-0.4, -0.2) is 32.2 Å². The zero-order valence-electron chi connectivity index (χ0n) is 21.1. The van der Waals surface area contributed by atoms with Crippen LogP contribution in [0.3, 0.4) is 0 Å². The molecule has 1 heterocycles. The Morgan fingerprint density at radius 1 is 1.07 bits per heavy atom. The molecule has 0 saturated carbocycles. The number of nitriles is 1. The van der Waals surface area contributed by atoms with E-state index < -0.39 is 21.9 Å². The molecule has 0 fully saturated rings. The summed E-state index contributed by atoms with van der Waals surface area (Å²) in [6.07, 6.45) is -1.06. The first-order valence-corrected chi connectivity index (χ1v) is 13.4. The molecule has 0 aliphatic rings. The molecule has 0 atom stereocenters. The maximum Gasteiger partial charge on any atom is 0.573 e. The molecule has 0 radical (unpaired) electrons. The number of ether oxygens (including phenoxy) is 1. The number of benzene rings is 3. The number of aromatic nitrogens is 1. The Morgan fingerprint density at radius 3 is 2.40 bits per heavy atom. The highest BCUT2D eigenvalue weighted by Crippen LogP contribution is 2.41. The van der Waals surface area contributed by atoms with Crippen LogP contribution in [0, 0.1) is 18.3 Å². The van der Waals surface area contributed by atoms with Gasteiger partial charge in [0.15, 0.2) is 21.5 Å². The van der Waals surface area contributed by atoms with Crippen molar-refractivity contribution in [3.63, 3.8) is 0 Å². The summed E-state index contributed by atoms with van der Waals surface area (Å²) in [6.45, 7) is 1.62. The molecule has 3 aromatic carbocycles. The first-order chi connectivity index (χ1) is 18.8. The SMILES string of the molecule is Cc1nc(-c2ccc(OC(F)(F)F)cc2)c(-c2cc(-c3cccc(S(C)(=O)=O)c3)ccc2N=CC=C(N)C#N)o1. The van der Waals surface area contributed by atoms with Crippen LogP contribution in [0.4, 0.5) is 18.9 Å². The fraction of sp³-hybridized carbons (Fsp3) is 0.107. The minimum atomic E-state index is -4.83. The van der Waals surface area contributed by atoms with Crippen LogP contribution < -0.4 is 10.5 Å². The second-order valence-corrected chi connectivity index (χ2v) is 10.5. The number of alkyl halides is 3. The van der Waals surface area contributed by atoms with E-state index in [2.05, 4.69) is 14.7 Å². The molecule has 0 bridgehead atoms. The van der Waals surface area contributed by atoms with Gasteiger partial charge in [-0.2, -0.15) is 5.26 Å². The Labute approximate surface area is 227 Å². The third-order valence-electron chi connectivity index (χ3n) is 5.53. The third-order valence-corrected chi connectivity index (χ3v) is 6.64. The lowest BCUT2D eigenvalue weighted by Crippen LogP contribution is -2.16. The van der Waals surface area contributed by atoms with E-state index in [1.54, 1.807) is 49.4 Å². The molecular weight excluding hydrogens is 545 g/mol. The monoisotopic (exact) mass is 566 g/mol. The number of aliphatic imine (C=N–C) groups is 1. The predicted molar refractivity (Wildman–Crippen MR) is 143 cm³/mol. The summed E-state index contributed by atoms with van der Waals surface area (Å²) >= 11 is 0.